The minimum atomic E-state index is -0.658. The number of rotatable bonds is 5. The number of carbonyl (C=O) groups is 3. The van der Waals surface area contributed by atoms with Crippen LogP contribution in [-0.2, 0) is 19.1 Å². The number of nitrogens with one attached hydrogen (secondary N) is 1. The lowest BCUT2D eigenvalue weighted by Crippen LogP contribution is -2.39. The molecule has 0 unspecified atom stereocenters. The molecule has 0 aromatic rings. The lowest BCUT2D eigenvalue weighted by molar-refractivity contribution is -0.140. The van der Waals surface area contributed by atoms with Gasteiger partial charge in [-0.05, 0) is 33.8 Å². The van der Waals surface area contributed by atoms with E-state index in [9.17, 15) is 14.4 Å². The van der Waals surface area contributed by atoms with Crippen LogP contribution in [0.4, 0.5) is 4.79 Å². The number of hydrogen-bond donors (Lipinski definition) is 1. The number of amides is 1. The standard InChI is InChI=1S/C13H21NO5/c1-9(15)6-7-10(8-11(16)18-5)14-12(17)19-13(2,3)4/h6-7,10H,8H2,1-5H3,(H,14,17)/b7-6+/t10-/m0/s1. The Morgan fingerprint density at radius 3 is 2.26 bits per heavy atom. The Bertz CT molecular complexity index is 368. The zero-order chi connectivity index (χ0) is 15.1. The topological polar surface area (TPSA) is 81.7 Å². The zero-order valence-corrected chi connectivity index (χ0v) is 12.0. The fourth-order valence-electron chi connectivity index (χ4n) is 1.14. The van der Waals surface area contributed by atoms with Gasteiger partial charge in [-0.15, -0.1) is 0 Å². The third-order valence-electron chi connectivity index (χ3n) is 1.88. The van der Waals surface area contributed by atoms with E-state index in [0.29, 0.717) is 0 Å². The van der Waals surface area contributed by atoms with Crippen molar-refractivity contribution < 1.29 is 23.9 Å². The average Bonchev–Trinajstić information content (AvgIpc) is 2.22. The van der Waals surface area contributed by atoms with E-state index in [1.807, 2.05) is 0 Å². The summed E-state index contributed by atoms with van der Waals surface area (Å²) < 4.78 is 9.59. The Hall–Kier alpha value is -1.85. The van der Waals surface area contributed by atoms with Crippen LogP contribution in [0.25, 0.3) is 0 Å². The lowest BCUT2D eigenvalue weighted by Gasteiger charge is -2.21. The van der Waals surface area contributed by atoms with Crippen molar-refractivity contribution in [3.8, 4) is 0 Å². The molecule has 0 aromatic heterocycles. The smallest absolute Gasteiger partial charge is 0.408 e. The summed E-state index contributed by atoms with van der Waals surface area (Å²) in [6, 6.07) is -0.647. The van der Waals surface area contributed by atoms with Crippen LogP contribution in [0.1, 0.15) is 34.1 Å². The molecule has 0 saturated heterocycles. The van der Waals surface area contributed by atoms with Crippen LogP contribution < -0.4 is 5.32 Å². The highest BCUT2D eigenvalue weighted by Gasteiger charge is 2.20. The first-order valence-corrected chi connectivity index (χ1v) is 5.89. The Labute approximate surface area is 113 Å². The van der Waals surface area contributed by atoms with Crippen LogP contribution in [0.2, 0.25) is 0 Å². The summed E-state index contributed by atoms with van der Waals surface area (Å²) in [4.78, 5) is 33.7. The van der Waals surface area contributed by atoms with E-state index < -0.39 is 23.7 Å². The van der Waals surface area contributed by atoms with Crippen molar-refractivity contribution in [3.05, 3.63) is 12.2 Å². The number of ketones is 1. The molecular formula is C13H21NO5. The second kappa shape index (κ2) is 7.56. The van der Waals surface area contributed by atoms with Crippen LogP contribution in [0.3, 0.4) is 0 Å². The molecule has 19 heavy (non-hydrogen) atoms. The van der Waals surface area contributed by atoms with E-state index in [4.69, 9.17) is 4.74 Å². The highest BCUT2D eigenvalue weighted by molar-refractivity contribution is 5.87. The quantitative estimate of drug-likeness (QED) is 0.606. The molecule has 6 heteroatoms. The highest BCUT2D eigenvalue weighted by atomic mass is 16.6. The van der Waals surface area contributed by atoms with Gasteiger partial charge in [-0.3, -0.25) is 9.59 Å². The predicted octanol–water partition coefficient (Wildman–Crippen LogP) is 1.59. The minimum Gasteiger partial charge on any atom is -0.469 e. The van der Waals surface area contributed by atoms with Crippen LogP contribution in [0, 0.1) is 0 Å². The molecule has 1 amide bonds. The van der Waals surface area contributed by atoms with Crippen molar-refractivity contribution in [2.45, 2.75) is 45.8 Å². The molecule has 0 fully saturated rings. The Morgan fingerprint density at radius 1 is 1.26 bits per heavy atom. The first kappa shape index (κ1) is 17.2. The number of ether oxygens (including phenoxy) is 2. The van der Waals surface area contributed by atoms with Crippen molar-refractivity contribution in [2.24, 2.45) is 0 Å². The van der Waals surface area contributed by atoms with E-state index >= 15 is 0 Å². The number of carbonyl (C=O) groups excluding carboxylic acids is 3. The molecule has 0 heterocycles. The Kier molecular flexibility index (Phi) is 6.82. The molecule has 1 N–H and O–H groups in total. The summed E-state index contributed by atoms with van der Waals surface area (Å²) in [5.41, 5.74) is -0.635. The number of methoxy groups -OCH3 is 1. The second-order valence-corrected chi connectivity index (χ2v) is 5.00. The number of alkyl carbamates (subject to hydrolysis) is 1. The molecule has 0 aliphatic carbocycles. The molecular weight excluding hydrogens is 250 g/mol. The maximum atomic E-state index is 11.6. The van der Waals surface area contributed by atoms with Gasteiger partial charge in [0.1, 0.15) is 5.60 Å². The first-order valence-electron chi connectivity index (χ1n) is 5.89. The number of hydrogen-bond acceptors (Lipinski definition) is 5. The average molecular weight is 271 g/mol. The van der Waals surface area contributed by atoms with Crippen LogP contribution in [-0.4, -0.2) is 36.6 Å². The van der Waals surface area contributed by atoms with E-state index in [0.717, 1.165) is 0 Å². The van der Waals surface area contributed by atoms with Gasteiger partial charge in [-0.1, -0.05) is 6.08 Å². The van der Waals surface area contributed by atoms with Gasteiger partial charge in [0.25, 0.3) is 0 Å². The van der Waals surface area contributed by atoms with E-state index in [-0.39, 0.29) is 12.2 Å². The van der Waals surface area contributed by atoms with Gasteiger partial charge in [0.15, 0.2) is 5.78 Å². The maximum absolute atomic E-state index is 11.6. The van der Waals surface area contributed by atoms with Crippen molar-refractivity contribution in [2.75, 3.05) is 7.11 Å². The minimum absolute atomic E-state index is 0.0699. The first-order chi connectivity index (χ1) is 8.64. The normalized spacial score (nSPS) is 12.9. The van der Waals surface area contributed by atoms with Gasteiger partial charge in [0.05, 0.1) is 19.6 Å². The number of allylic oxidation sites excluding steroid dienone is 1. The Morgan fingerprint density at radius 2 is 1.84 bits per heavy atom. The molecule has 6 nitrogen and oxygen atoms in total. The summed E-state index contributed by atoms with van der Waals surface area (Å²) in [6.07, 6.45) is 1.99. The van der Waals surface area contributed by atoms with Gasteiger partial charge < -0.3 is 14.8 Å². The molecule has 108 valence electrons. The third kappa shape index (κ3) is 9.82. The lowest BCUT2D eigenvalue weighted by atomic mass is 10.2. The molecule has 0 saturated carbocycles. The van der Waals surface area contributed by atoms with Gasteiger partial charge in [-0.2, -0.15) is 0 Å². The summed E-state index contributed by atoms with van der Waals surface area (Å²) in [7, 11) is 1.25. The molecule has 0 spiro atoms. The fraction of sp³-hybridized carbons (Fsp3) is 0.615. The zero-order valence-electron chi connectivity index (χ0n) is 12.0. The summed E-state index contributed by atoms with van der Waals surface area (Å²) in [5.74, 6) is -0.671. The van der Waals surface area contributed by atoms with Crippen LogP contribution >= 0.6 is 0 Å². The monoisotopic (exact) mass is 271 g/mol. The molecule has 0 aliphatic rings. The van der Waals surface area contributed by atoms with Gasteiger partial charge >= 0.3 is 12.1 Å². The summed E-state index contributed by atoms with van der Waals surface area (Å²) >= 11 is 0. The van der Waals surface area contributed by atoms with E-state index in [1.54, 1.807) is 20.8 Å². The van der Waals surface area contributed by atoms with Gasteiger partial charge in [0.2, 0.25) is 0 Å². The molecule has 1 atom stereocenters. The van der Waals surface area contributed by atoms with E-state index in [1.165, 1.54) is 26.2 Å². The summed E-state index contributed by atoms with van der Waals surface area (Å²) in [6.45, 7) is 6.56. The predicted molar refractivity (Wildman–Crippen MR) is 69.6 cm³/mol. The second-order valence-electron chi connectivity index (χ2n) is 5.00. The molecule has 0 radical (unpaired) electrons. The molecule has 0 rings (SSSR count). The fourth-order valence-corrected chi connectivity index (χ4v) is 1.14. The molecule has 0 bridgehead atoms. The van der Waals surface area contributed by atoms with Crippen molar-refractivity contribution in [1.29, 1.82) is 0 Å². The third-order valence-corrected chi connectivity index (χ3v) is 1.88. The van der Waals surface area contributed by atoms with Crippen molar-refractivity contribution in [3.63, 3.8) is 0 Å². The molecule has 0 aliphatic heterocycles. The summed E-state index contributed by atoms with van der Waals surface area (Å²) in [5, 5.41) is 2.49. The largest absolute Gasteiger partial charge is 0.469 e. The van der Waals surface area contributed by atoms with Gasteiger partial charge in [-0.25, -0.2) is 4.79 Å². The SMILES string of the molecule is COC(=O)C[C@H](/C=C/C(C)=O)NC(=O)OC(C)(C)C. The highest BCUT2D eigenvalue weighted by Crippen LogP contribution is 2.07. The molecule has 0 aromatic carbocycles. The van der Waals surface area contributed by atoms with Crippen LogP contribution in [0.5, 0.6) is 0 Å². The van der Waals surface area contributed by atoms with Crippen molar-refractivity contribution in [1.82, 2.24) is 5.32 Å². The maximum Gasteiger partial charge on any atom is 0.408 e. The number of esters is 1. The van der Waals surface area contributed by atoms with E-state index in [2.05, 4.69) is 10.1 Å². The Balaban J connectivity index is 4.61. The van der Waals surface area contributed by atoms with Gasteiger partial charge in [0, 0.05) is 0 Å². The van der Waals surface area contributed by atoms with Crippen molar-refractivity contribution >= 4 is 17.8 Å². The van der Waals surface area contributed by atoms with Crippen LogP contribution in [0.15, 0.2) is 12.2 Å².